The van der Waals surface area contributed by atoms with Crippen LogP contribution in [-0.2, 0) is 4.74 Å². The topological polar surface area (TPSA) is 39.7 Å². The predicted molar refractivity (Wildman–Crippen MR) is 84.1 cm³/mol. The van der Waals surface area contributed by atoms with Gasteiger partial charge in [-0.2, -0.15) is 0 Å². The van der Waals surface area contributed by atoms with Crippen LogP contribution in [0.3, 0.4) is 0 Å². The highest BCUT2D eigenvalue weighted by atomic mass is 16.6. The summed E-state index contributed by atoms with van der Waals surface area (Å²) in [5.74, 6) is 2.23. The molecular formula is C17H27NO3. The first-order valence-corrected chi connectivity index (χ1v) is 7.86. The van der Waals surface area contributed by atoms with Crippen molar-refractivity contribution in [3.63, 3.8) is 0 Å². The highest BCUT2D eigenvalue weighted by molar-refractivity contribution is 5.44. The van der Waals surface area contributed by atoms with Gasteiger partial charge in [0.05, 0.1) is 0 Å². The smallest absolute Gasteiger partial charge is 0.161 e. The SMILES string of the molecule is CCCNC(CC(C)COC)c1ccc2c(c1)OCCO2. The third kappa shape index (κ3) is 4.61. The molecule has 1 heterocycles. The lowest BCUT2D eigenvalue weighted by Crippen LogP contribution is -2.25. The molecular weight excluding hydrogens is 266 g/mol. The maximum Gasteiger partial charge on any atom is 0.161 e. The number of ether oxygens (including phenoxy) is 3. The van der Waals surface area contributed by atoms with Crippen molar-refractivity contribution < 1.29 is 14.2 Å². The van der Waals surface area contributed by atoms with Crippen LogP contribution >= 0.6 is 0 Å². The van der Waals surface area contributed by atoms with Crippen LogP contribution in [0.1, 0.15) is 38.3 Å². The van der Waals surface area contributed by atoms with Crippen molar-refractivity contribution in [2.24, 2.45) is 5.92 Å². The summed E-state index contributed by atoms with van der Waals surface area (Å²) in [5.41, 5.74) is 1.26. The summed E-state index contributed by atoms with van der Waals surface area (Å²) < 4.78 is 16.6. The van der Waals surface area contributed by atoms with Gasteiger partial charge in [-0.1, -0.05) is 19.9 Å². The Hall–Kier alpha value is -1.26. The Balaban J connectivity index is 2.11. The minimum Gasteiger partial charge on any atom is -0.486 e. The third-order valence-corrected chi connectivity index (χ3v) is 3.70. The van der Waals surface area contributed by atoms with Gasteiger partial charge in [0, 0.05) is 19.8 Å². The molecule has 0 aliphatic carbocycles. The van der Waals surface area contributed by atoms with Crippen LogP contribution in [0.5, 0.6) is 11.5 Å². The second-order valence-electron chi connectivity index (χ2n) is 5.71. The molecule has 0 amide bonds. The fraction of sp³-hybridized carbons (Fsp3) is 0.647. The lowest BCUT2D eigenvalue weighted by Gasteiger charge is -2.25. The molecule has 4 nitrogen and oxygen atoms in total. The average molecular weight is 293 g/mol. The Morgan fingerprint density at radius 1 is 1.24 bits per heavy atom. The fourth-order valence-electron chi connectivity index (χ4n) is 2.69. The Morgan fingerprint density at radius 2 is 2.00 bits per heavy atom. The number of methoxy groups -OCH3 is 1. The van der Waals surface area contributed by atoms with Crippen LogP contribution in [-0.4, -0.2) is 33.5 Å². The second kappa shape index (κ2) is 8.25. The molecule has 1 aliphatic rings. The van der Waals surface area contributed by atoms with Gasteiger partial charge in [-0.3, -0.25) is 0 Å². The number of rotatable bonds is 8. The molecule has 0 bridgehead atoms. The standard InChI is InChI=1S/C17H27NO3/c1-4-7-18-15(10-13(2)12-19-3)14-5-6-16-17(11-14)21-9-8-20-16/h5-6,11,13,15,18H,4,7-10,12H2,1-3H3. The van der Waals surface area contributed by atoms with Crippen molar-refractivity contribution in [2.75, 3.05) is 33.5 Å². The van der Waals surface area contributed by atoms with E-state index in [-0.39, 0.29) is 0 Å². The van der Waals surface area contributed by atoms with Gasteiger partial charge in [0.2, 0.25) is 0 Å². The lowest BCUT2D eigenvalue weighted by molar-refractivity contribution is 0.149. The zero-order valence-corrected chi connectivity index (χ0v) is 13.4. The van der Waals surface area contributed by atoms with Crippen molar-refractivity contribution in [1.82, 2.24) is 5.32 Å². The minimum absolute atomic E-state index is 0.325. The molecule has 1 aromatic rings. The number of nitrogens with one attached hydrogen (secondary N) is 1. The maximum atomic E-state index is 5.69. The van der Waals surface area contributed by atoms with Gasteiger partial charge in [0.25, 0.3) is 0 Å². The van der Waals surface area contributed by atoms with Crippen molar-refractivity contribution in [2.45, 2.75) is 32.7 Å². The van der Waals surface area contributed by atoms with Gasteiger partial charge in [-0.05, 0) is 43.0 Å². The average Bonchev–Trinajstić information content (AvgIpc) is 2.51. The molecule has 2 unspecified atom stereocenters. The first-order valence-electron chi connectivity index (χ1n) is 7.86. The first-order chi connectivity index (χ1) is 10.2. The second-order valence-corrected chi connectivity index (χ2v) is 5.71. The molecule has 4 heteroatoms. The van der Waals surface area contributed by atoms with Crippen molar-refractivity contribution >= 4 is 0 Å². The molecule has 0 radical (unpaired) electrons. The molecule has 2 atom stereocenters. The van der Waals surface area contributed by atoms with E-state index >= 15 is 0 Å². The molecule has 0 spiro atoms. The summed E-state index contributed by atoms with van der Waals surface area (Å²) in [7, 11) is 1.76. The Morgan fingerprint density at radius 3 is 2.71 bits per heavy atom. The molecule has 0 fully saturated rings. The van der Waals surface area contributed by atoms with E-state index in [1.165, 1.54) is 5.56 Å². The number of benzene rings is 1. The van der Waals surface area contributed by atoms with Crippen molar-refractivity contribution in [1.29, 1.82) is 0 Å². The van der Waals surface area contributed by atoms with Crippen LogP contribution in [0.4, 0.5) is 0 Å². The molecule has 1 aromatic carbocycles. The molecule has 1 N–H and O–H groups in total. The normalized spacial score (nSPS) is 16.5. The highest BCUT2D eigenvalue weighted by Crippen LogP contribution is 2.34. The Labute approximate surface area is 127 Å². The van der Waals surface area contributed by atoms with Crippen LogP contribution < -0.4 is 14.8 Å². The molecule has 118 valence electrons. The van der Waals surface area contributed by atoms with Crippen molar-refractivity contribution in [3.8, 4) is 11.5 Å². The molecule has 0 saturated heterocycles. The summed E-state index contributed by atoms with van der Waals surface area (Å²) in [6.07, 6.45) is 2.17. The van der Waals surface area contributed by atoms with Gasteiger partial charge in [0.15, 0.2) is 11.5 Å². The van der Waals surface area contributed by atoms with E-state index < -0.39 is 0 Å². The number of hydrogen-bond acceptors (Lipinski definition) is 4. The van der Waals surface area contributed by atoms with E-state index in [1.807, 2.05) is 6.07 Å². The van der Waals surface area contributed by atoms with Gasteiger partial charge in [0.1, 0.15) is 13.2 Å². The Kier molecular flexibility index (Phi) is 6.33. The molecule has 0 aromatic heterocycles. The molecule has 1 aliphatic heterocycles. The van der Waals surface area contributed by atoms with Crippen molar-refractivity contribution in [3.05, 3.63) is 23.8 Å². The van der Waals surface area contributed by atoms with E-state index in [9.17, 15) is 0 Å². The predicted octanol–water partition coefficient (Wildman–Crippen LogP) is 3.17. The van der Waals surface area contributed by atoms with Gasteiger partial charge < -0.3 is 19.5 Å². The lowest BCUT2D eigenvalue weighted by atomic mass is 9.95. The van der Waals surface area contributed by atoms with Gasteiger partial charge in [-0.15, -0.1) is 0 Å². The number of fused-ring (bicyclic) bond motifs is 1. The van der Waals surface area contributed by atoms with Gasteiger partial charge in [-0.25, -0.2) is 0 Å². The Bertz CT molecular complexity index is 436. The largest absolute Gasteiger partial charge is 0.486 e. The first kappa shape index (κ1) is 16.1. The quantitative estimate of drug-likeness (QED) is 0.799. The maximum absolute atomic E-state index is 5.69. The van der Waals surface area contributed by atoms with Crippen LogP contribution in [0, 0.1) is 5.92 Å². The molecule has 0 saturated carbocycles. The number of hydrogen-bond donors (Lipinski definition) is 1. The summed E-state index contributed by atoms with van der Waals surface area (Å²) in [4.78, 5) is 0. The van der Waals surface area contributed by atoms with E-state index in [1.54, 1.807) is 7.11 Å². The van der Waals surface area contributed by atoms with E-state index in [0.29, 0.717) is 25.2 Å². The fourth-order valence-corrected chi connectivity index (χ4v) is 2.69. The van der Waals surface area contributed by atoms with E-state index in [4.69, 9.17) is 14.2 Å². The third-order valence-electron chi connectivity index (χ3n) is 3.70. The summed E-state index contributed by atoms with van der Waals surface area (Å²) in [6.45, 7) is 7.47. The molecule has 2 rings (SSSR count). The van der Waals surface area contributed by atoms with E-state index in [0.717, 1.165) is 37.5 Å². The summed E-state index contributed by atoms with van der Waals surface area (Å²) >= 11 is 0. The zero-order chi connectivity index (χ0) is 15.1. The summed E-state index contributed by atoms with van der Waals surface area (Å²) in [5, 5.41) is 3.63. The molecule has 21 heavy (non-hydrogen) atoms. The minimum atomic E-state index is 0.325. The van der Waals surface area contributed by atoms with E-state index in [2.05, 4.69) is 31.3 Å². The summed E-state index contributed by atoms with van der Waals surface area (Å²) in [6, 6.07) is 6.60. The monoisotopic (exact) mass is 293 g/mol. The van der Waals surface area contributed by atoms with Crippen LogP contribution in [0.25, 0.3) is 0 Å². The van der Waals surface area contributed by atoms with Crippen LogP contribution in [0.2, 0.25) is 0 Å². The van der Waals surface area contributed by atoms with Crippen LogP contribution in [0.15, 0.2) is 18.2 Å². The van der Waals surface area contributed by atoms with Gasteiger partial charge >= 0.3 is 0 Å². The zero-order valence-electron chi connectivity index (χ0n) is 13.4. The highest BCUT2D eigenvalue weighted by Gasteiger charge is 2.18.